The molecule has 7 nitrogen and oxygen atoms in total. The number of para-hydroxylation sites is 1. The van der Waals surface area contributed by atoms with Crippen LogP contribution in [-0.2, 0) is 11.4 Å². The number of thiazole rings is 1. The minimum absolute atomic E-state index is 0.222. The molecule has 0 aliphatic carbocycles. The number of ether oxygens (including phenoxy) is 2. The van der Waals surface area contributed by atoms with Crippen LogP contribution >= 0.6 is 11.3 Å². The van der Waals surface area contributed by atoms with Crippen molar-refractivity contribution in [1.29, 1.82) is 0 Å². The third-order valence-corrected chi connectivity index (χ3v) is 8.40. The van der Waals surface area contributed by atoms with Gasteiger partial charge in [0, 0.05) is 5.69 Å². The lowest BCUT2D eigenvalue weighted by Crippen LogP contribution is -2.40. The Bertz CT molecular complexity index is 2030. The van der Waals surface area contributed by atoms with Crippen molar-refractivity contribution in [3.05, 3.63) is 156 Å². The Morgan fingerprint density at radius 1 is 0.932 bits per heavy atom. The van der Waals surface area contributed by atoms with Crippen LogP contribution in [0.5, 0.6) is 11.5 Å². The SMILES string of the molecule is COc1cc(/C=c2\sc3n(c2=O)C(c2ccc(C)cc2)C(C(=O)Nc2ccccc2)=C(C)N=3)ccc1OCc1ccccc1. The molecule has 0 saturated heterocycles. The number of aromatic nitrogens is 1. The van der Waals surface area contributed by atoms with E-state index in [1.165, 1.54) is 11.3 Å². The molecule has 0 saturated carbocycles. The number of hydrogen-bond acceptors (Lipinski definition) is 6. The van der Waals surface area contributed by atoms with Gasteiger partial charge >= 0.3 is 0 Å². The van der Waals surface area contributed by atoms with E-state index in [9.17, 15) is 9.59 Å². The maximum Gasteiger partial charge on any atom is 0.271 e. The van der Waals surface area contributed by atoms with Crippen LogP contribution in [0, 0.1) is 6.92 Å². The molecule has 5 aromatic rings. The van der Waals surface area contributed by atoms with Crippen molar-refractivity contribution in [2.45, 2.75) is 26.5 Å². The first-order valence-electron chi connectivity index (χ1n) is 14.2. The highest BCUT2D eigenvalue weighted by Gasteiger charge is 2.32. The molecule has 8 heteroatoms. The van der Waals surface area contributed by atoms with Crippen LogP contribution in [0.15, 0.2) is 124 Å². The van der Waals surface area contributed by atoms with E-state index in [4.69, 9.17) is 14.5 Å². The second-order valence-electron chi connectivity index (χ2n) is 10.5. The molecule has 0 radical (unpaired) electrons. The highest BCUT2D eigenvalue weighted by Crippen LogP contribution is 2.32. The zero-order chi connectivity index (χ0) is 30.6. The predicted molar refractivity (Wildman–Crippen MR) is 174 cm³/mol. The summed E-state index contributed by atoms with van der Waals surface area (Å²) in [5, 5.41) is 2.99. The maximum absolute atomic E-state index is 14.1. The fourth-order valence-corrected chi connectivity index (χ4v) is 6.22. The first-order chi connectivity index (χ1) is 21.4. The summed E-state index contributed by atoms with van der Waals surface area (Å²) in [5.41, 5.74) is 5.19. The molecule has 4 aromatic carbocycles. The number of carbonyl (C=O) groups excluding carboxylic acids is 1. The van der Waals surface area contributed by atoms with Crippen LogP contribution in [0.3, 0.4) is 0 Å². The summed E-state index contributed by atoms with van der Waals surface area (Å²) in [7, 11) is 1.59. The summed E-state index contributed by atoms with van der Waals surface area (Å²) in [6.07, 6.45) is 1.82. The molecule has 2 heterocycles. The molecule has 1 aromatic heterocycles. The number of allylic oxidation sites excluding steroid dienone is 1. The fraction of sp³-hybridized carbons (Fsp3) is 0.139. The van der Waals surface area contributed by atoms with E-state index in [1.807, 2.05) is 123 Å². The molecule has 1 atom stereocenters. The Kier molecular flexibility index (Phi) is 8.25. The van der Waals surface area contributed by atoms with E-state index in [-0.39, 0.29) is 11.5 Å². The summed E-state index contributed by atoms with van der Waals surface area (Å²) in [5.74, 6) is 0.878. The van der Waals surface area contributed by atoms with Crippen molar-refractivity contribution in [2.24, 2.45) is 4.99 Å². The lowest BCUT2D eigenvalue weighted by Gasteiger charge is -2.25. The van der Waals surface area contributed by atoms with Gasteiger partial charge in [-0.3, -0.25) is 14.2 Å². The fourth-order valence-electron chi connectivity index (χ4n) is 5.18. The van der Waals surface area contributed by atoms with Gasteiger partial charge in [0.2, 0.25) is 0 Å². The lowest BCUT2D eigenvalue weighted by atomic mass is 9.94. The minimum atomic E-state index is -0.638. The quantitative estimate of drug-likeness (QED) is 0.245. The molecule has 1 aliphatic rings. The third-order valence-electron chi connectivity index (χ3n) is 7.41. The second-order valence-corrected chi connectivity index (χ2v) is 11.5. The Labute approximate surface area is 259 Å². The van der Waals surface area contributed by atoms with Gasteiger partial charge in [-0.05, 0) is 60.9 Å². The van der Waals surface area contributed by atoms with Crippen LogP contribution in [0.2, 0.25) is 0 Å². The van der Waals surface area contributed by atoms with E-state index >= 15 is 0 Å². The molecule has 1 amide bonds. The lowest BCUT2D eigenvalue weighted by molar-refractivity contribution is -0.113. The summed E-state index contributed by atoms with van der Waals surface area (Å²) in [4.78, 5) is 33.1. The van der Waals surface area contributed by atoms with Gasteiger partial charge in [-0.15, -0.1) is 0 Å². The van der Waals surface area contributed by atoms with Gasteiger partial charge in [0.15, 0.2) is 16.3 Å². The number of anilines is 1. The number of methoxy groups -OCH3 is 1. The molecule has 220 valence electrons. The Morgan fingerprint density at radius 3 is 2.34 bits per heavy atom. The summed E-state index contributed by atoms with van der Waals surface area (Å²) >= 11 is 1.30. The van der Waals surface area contributed by atoms with Crippen molar-refractivity contribution in [1.82, 2.24) is 4.57 Å². The third kappa shape index (κ3) is 5.98. The molecule has 1 N–H and O–H groups in total. The number of nitrogens with one attached hydrogen (secondary N) is 1. The van der Waals surface area contributed by atoms with Crippen LogP contribution in [-0.4, -0.2) is 17.6 Å². The largest absolute Gasteiger partial charge is 0.493 e. The van der Waals surface area contributed by atoms with E-state index in [0.29, 0.717) is 44.4 Å². The van der Waals surface area contributed by atoms with Crippen molar-refractivity contribution < 1.29 is 14.3 Å². The van der Waals surface area contributed by atoms with E-state index in [0.717, 1.165) is 22.3 Å². The highest BCUT2D eigenvalue weighted by molar-refractivity contribution is 7.07. The molecule has 44 heavy (non-hydrogen) atoms. The Balaban J connectivity index is 1.39. The number of amides is 1. The summed E-state index contributed by atoms with van der Waals surface area (Å²) in [6, 6.07) is 32.0. The van der Waals surface area contributed by atoms with Gasteiger partial charge < -0.3 is 14.8 Å². The zero-order valence-electron chi connectivity index (χ0n) is 24.6. The average Bonchev–Trinajstić information content (AvgIpc) is 3.34. The Morgan fingerprint density at radius 2 is 1.64 bits per heavy atom. The van der Waals surface area contributed by atoms with Crippen LogP contribution in [0.25, 0.3) is 6.08 Å². The van der Waals surface area contributed by atoms with Gasteiger partial charge in [-0.1, -0.05) is 95.8 Å². The first-order valence-corrected chi connectivity index (χ1v) is 15.0. The van der Waals surface area contributed by atoms with Gasteiger partial charge in [0.25, 0.3) is 11.5 Å². The van der Waals surface area contributed by atoms with Gasteiger partial charge in [-0.2, -0.15) is 0 Å². The van der Waals surface area contributed by atoms with Gasteiger partial charge in [0.05, 0.1) is 29.0 Å². The molecule has 1 unspecified atom stereocenters. The molecule has 6 rings (SSSR count). The number of hydrogen-bond donors (Lipinski definition) is 1. The normalized spacial score (nSPS) is 14.5. The average molecular weight is 602 g/mol. The summed E-state index contributed by atoms with van der Waals surface area (Å²) < 4.78 is 13.8. The van der Waals surface area contributed by atoms with Gasteiger partial charge in [0.1, 0.15) is 6.61 Å². The van der Waals surface area contributed by atoms with Crippen LogP contribution in [0.4, 0.5) is 5.69 Å². The Hall–Kier alpha value is -5.21. The molecule has 1 aliphatic heterocycles. The van der Waals surface area contributed by atoms with Gasteiger partial charge in [-0.25, -0.2) is 4.99 Å². The summed E-state index contributed by atoms with van der Waals surface area (Å²) in [6.45, 7) is 4.23. The predicted octanol–water partition coefficient (Wildman–Crippen LogP) is 5.77. The maximum atomic E-state index is 14.1. The number of rotatable bonds is 8. The number of nitrogens with zero attached hydrogens (tertiary/aromatic N) is 2. The van der Waals surface area contributed by atoms with Crippen LogP contribution in [0.1, 0.15) is 35.2 Å². The zero-order valence-corrected chi connectivity index (χ0v) is 25.4. The smallest absolute Gasteiger partial charge is 0.271 e. The number of aryl methyl sites for hydroxylation is 1. The topological polar surface area (TPSA) is 81.9 Å². The standard InChI is InChI=1S/C36H31N3O4S/c1-23-14-17-27(18-15-23)33-32(34(40)38-28-12-8-5-9-13-28)24(2)37-36-39(33)35(41)31(44-36)21-26-16-19-29(30(20-26)42-3)43-22-25-10-6-4-7-11-25/h4-21,33H,22H2,1-3H3,(H,38,40)/b31-21-. The van der Waals surface area contributed by atoms with Crippen LogP contribution < -0.4 is 29.7 Å². The van der Waals surface area contributed by atoms with Crippen molar-refractivity contribution in [3.63, 3.8) is 0 Å². The van der Waals surface area contributed by atoms with E-state index in [1.54, 1.807) is 11.7 Å². The van der Waals surface area contributed by atoms with E-state index in [2.05, 4.69) is 5.32 Å². The highest BCUT2D eigenvalue weighted by atomic mass is 32.1. The molecular weight excluding hydrogens is 570 g/mol. The molecule has 0 fully saturated rings. The number of carbonyl (C=O) groups is 1. The second kappa shape index (κ2) is 12.6. The van der Waals surface area contributed by atoms with Crippen molar-refractivity contribution in [2.75, 3.05) is 12.4 Å². The molecular formula is C36H31N3O4S. The first kappa shape index (κ1) is 28.9. The molecule has 0 spiro atoms. The molecule has 0 bridgehead atoms. The number of benzene rings is 4. The van der Waals surface area contributed by atoms with E-state index < -0.39 is 6.04 Å². The number of fused-ring (bicyclic) bond motifs is 1. The van der Waals surface area contributed by atoms with Crippen molar-refractivity contribution in [3.8, 4) is 11.5 Å². The van der Waals surface area contributed by atoms with Crippen molar-refractivity contribution >= 4 is 29.0 Å². The monoisotopic (exact) mass is 601 g/mol. The minimum Gasteiger partial charge on any atom is -0.493 e.